The van der Waals surface area contributed by atoms with Crippen molar-refractivity contribution in [2.45, 2.75) is 19.9 Å². The van der Waals surface area contributed by atoms with Gasteiger partial charge >= 0.3 is 0 Å². The van der Waals surface area contributed by atoms with Crippen LogP contribution in [0, 0.1) is 5.82 Å². The summed E-state index contributed by atoms with van der Waals surface area (Å²) >= 11 is 5.04. The molecule has 0 aliphatic heterocycles. The Kier molecular flexibility index (Phi) is 4.73. The van der Waals surface area contributed by atoms with Crippen molar-refractivity contribution >= 4 is 43.4 Å². The highest BCUT2D eigenvalue weighted by atomic mass is 79.9. The average molecular weight is 393 g/mol. The lowest BCUT2D eigenvalue weighted by atomic mass is 10.1. The first-order chi connectivity index (χ1) is 11.1. The van der Waals surface area contributed by atoms with Gasteiger partial charge in [-0.25, -0.2) is 4.39 Å². The van der Waals surface area contributed by atoms with Gasteiger partial charge in [-0.05, 0) is 52.7 Å². The molecule has 0 atom stereocenters. The molecule has 0 aliphatic carbocycles. The van der Waals surface area contributed by atoms with Crippen molar-refractivity contribution < 1.29 is 9.18 Å². The standard InChI is InChI=1S/C17H14BrFN2OS/c1-2-21-16-13(18)4-3-5-14(16)23-17(21)20-15(22)10-11-6-8-12(19)9-7-11/h3-9H,2,10H2,1H3. The van der Waals surface area contributed by atoms with Crippen LogP contribution in [0.25, 0.3) is 10.2 Å². The summed E-state index contributed by atoms with van der Waals surface area (Å²) in [6.45, 7) is 2.75. The van der Waals surface area contributed by atoms with E-state index in [1.165, 1.54) is 23.5 Å². The second kappa shape index (κ2) is 6.76. The van der Waals surface area contributed by atoms with Gasteiger partial charge < -0.3 is 4.57 Å². The van der Waals surface area contributed by atoms with Gasteiger partial charge in [0.15, 0.2) is 4.80 Å². The third kappa shape index (κ3) is 3.43. The van der Waals surface area contributed by atoms with E-state index in [1.807, 2.05) is 29.7 Å². The summed E-state index contributed by atoms with van der Waals surface area (Å²) in [5.74, 6) is -0.544. The molecule has 3 nitrogen and oxygen atoms in total. The zero-order valence-corrected chi connectivity index (χ0v) is 14.8. The Balaban J connectivity index is 1.98. The van der Waals surface area contributed by atoms with E-state index in [-0.39, 0.29) is 18.1 Å². The van der Waals surface area contributed by atoms with Crippen LogP contribution >= 0.6 is 27.3 Å². The summed E-state index contributed by atoms with van der Waals surface area (Å²) in [6.07, 6.45) is 0.166. The van der Waals surface area contributed by atoms with E-state index in [1.54, 1.807) is 12.1 Å². The monoisotopic (exact) mass is 392 g/mol. The highest BCUT2D eigenvalue weighted by molar-refractivity contribution is 9.10. The highest BCUT2D eigenvalue weighted by Crippen LogP contribution is 2.25. The summed E-state index contributed by atoms with van der Waals surface area (Å²) < 4.78 is 17.0. The Morgan fingerprint density at radius 2 is 2.00 bits per heavy atom. The molecule has 1 heterocycles. The molecule has 0 N–H and O–H groups in total. The van der Waals surface area contributed by atoms with Crippen molar-refractivity contribution in [3.63, 3.8) is 0 Å². The number of aryl methyl sites for hydroxylation is 1. The van der Waals surface area contributed by atoms with Crippen LogP contribution in [0.3, 0.4) is 0 Å². The number of fused-ring (bicyclic) bond motifs is 1. The topological polar surface area (TPSA) is 34.4 Å². The maximum Gasteiger partial charge on any atom is 0.252 e. The first-order valence-electron chi connectivity index (χ1n) is 7.18. The molecule has 1 amide bonds. The number of rotatable bonds is 3. The summed E-state index contributed by atoms with van der Waals surface area (Å²) in [5.41, 5.74) is 1.80. The number of carbonyl (C=O) groups excluding carboxylic acids is 1. The number of thiazole rings is 1. The van der Waals surface area contributed by atoms with E-state index in [4.69, 9.17) is 0 Å². The molecule has 118 valence electrons. The largest absolute Gasteiger partial charge is 0.316 e. The molecule has 0 bridgehead atoms. The van der Waals surface area contributed by atoms with E-state index in [0.717, 1.165) is 26.8 Å². The predicted octanol–water partition coefficient (Wildman–Crippen LogP) is 4.29. The first kappa shape index (κ1) is 16.1. The minimum atomic E-state index is -0.309. The Bertz CT molecular complexity index is 928. The van der Waals surface area contributed by atoms with Crippen LogP contribution < -0.4 is 4.80 Å². The Morgan fingerprint density at radius 1 is 1.26 bits per heavy atom. The van der Waals surface area contributed by atoms with Crippen LogP contribution in [0.4, 0.5) is 4.39 Å². The van der Waals surface area contributed by atoms with Crippen LogP contribution in [0.15, 0.2) is 51.9 Å². The maximum absolute atomic E-state index is 12.9. The van der Waals surface area contributed by atoms with Crippen molar-refractivity contribution in [3.8, 4) is 0 Å². The predicted molar refractivity (Wildman–Crippen MR) is 93.9 cm³/mol. The molecular formula is C17H14BrFN2OS. The van der Waals surface area contributed by atoms with Gasteiger partial charge in [0.2, 0.25) is 0 Å². The lowest BCUT2D eigenvalue weighted by Gasteiger charge is -2.02. The van der Waals surface area contributed by atoms with Gasteiger partial charge in [-0.1, -0.05) is 29.5 Å². The van der Waals surface area contributed by atoms with Crippen molar-refractivity contribution in [2.24, 2.45) is 4.99 Å². The Morgan fingerprint density at radius 3 is 2.70 bits per heavy atom. The third-order valence-corrected chi connectivity index (χ3v) is 5.14. The van der Waals surface area contributed by atoms with E-state index in [9.17, 15) is 9.18 Å². The van der Waals surface area contributed by atoms with Gasteiger partial charge in [0.25, 0.3) is 5.91 Å². The zero-order chi connectivity index (χ0) is 16.4. The number of hydrogen-bond acceptors (Lipinski definition) is 2. The molecule has 1 aromatic heterocycles. The molecule has 3 rings (SSSR count). The Hall–Kier alpha value is -1.79. The van der Waals surface area contributed by atoms with Gasteiger partial charge in [-0.2, -0.15) is 4.99 Å². The Labute approximate surface area is 145 Å². The number of carbonyl (C=O) groups is 1. The molecule has 3 aromatic rings. The number of hydrogen-bond donors (Lipinski definition) is 0. The van der Waals surface area contributed by atoms with Crippen molar-refractivity contribution in [1.29, 1.82) is 0 Å². The van der Waals surface area contributed by atoms with Crippen LogP contribution in [0.1, 0.15) is 12.5 Å². The smallest absolute Gasteiger partial charge is 0.252 e. The quantitative estimate of drug-likeness (QED) is 0.654. The van der Waals surface area contributed by atoms with Gasteiger partial charge in [-0.3, -0.25) is 4.79 Å². The van der Waals surface area contributed by atoms with E-state index < -0.39 is 0 Å². The van der Waals surface area contributed by atoms with Gasteiger partial charge in [0.1, 0.15) is 5.82 Å². The minimum absolute atomic E-state index is 0.166. The average Bonchev–Trinajstić information content (AvgIpc) is 2.88. The highest BCUT2D eigenvalue weighted by Gasteiger charge is 2.09. The number of benzene rings is 2. The van der Waals surface area contributed by atoms with Crippen molar-refractivity contribution in [3.05, 3.63) is 63.1 Å². The second-order valence-corrected chi connectivity index (χ2v) is 6.89. The molecule has 0 saturated heterocycles. The molecule has 6 heteroatoms. The fourth-order valence-electron chi connectivity index (χ4n) is 2.39. The van der Waals surface area contributed by atoms with E-state index in [0.29, 0.717) is 4.80 Å². The van der Waals surface area contributed by atoms with Crippen LogP contribution in [-0.2, 0) is 17.8 Å². The fourth-order valence-corrected chi connectivity index (χ4v) is 4.24. The molecule has 0 aliphatic rings. The zero-order valence-electron chi connectivity index (χ0n) is 12.4. The van der Waals surface area contributed by atoms with Crippen molar-refractivity contribution in [1.82, 2.24) is 4.57 Å². The van der Waals surface area contributed by atoms with Gasteiger partial charge in [0, 0.05) is 11.0 Å². The molecule has 0 radical (unpaired) electrons. The minimum Gasteiger partial charge on any atom is -0.316 e. The number of aromatic nitrogens is 1. The van der Waals surface area contributed by atoms with E-state index in [2.05, 4.69) is 20.9 Å². The van der Waals surface area contributed by atoms with Crippen molar-refractivity contribution in [2.75, 3.05) is 0 Å². The summed E-state index contributed by atoms with van der Waals surface area (Å²) in [5, 5.41) is 0. The fraction of sp³-hybridized carbons (Fsp3) is 0.176. The molecule has 0 fully saturated rings. The third-order valence-electron chi connectivity index (χ3n) is 3.46. The molecular weight excluding hydrogens is 379 g/mol. The number of para-hydroxylation sites is 1. The van der Waals surface area contributed by atoms with Crippen LogP contribution in [-0.4, -0.2) is 10.5 Å². The van der Waals surface area contributed by atoms with E-state index >= 15 is 0 Å². The number of nitrogens with zero attached hydrogens (tertiary/aromatic N) is 2. The summed E-state index contributed by atoms with van der Waals surface area (Å²) in [7, 11) is 0. The molecule has 0 spiro atoms. The summed E-state index contributed by atoms with van der Waals surface area (Å²) in [4.78, 5) is 17.2. The van der Waals surface area contributed by atoms with Crippen LogP contribution in [0.2, 0.25) is 0 Å². The number of halogens is 2. The molecule has 23 heavy (non-hydrogen) atoms. The molecule has 2 aromatic carbocycles. The SMILES string of the molecule is CCn1c(=NC(=O)Cc2ccc(F)cc2)sc2cccc(Br)c21. The van der Waals surface area contributed by atoms with Gasteiger partial charge in [0.05, 0.1) is 16.6 Å². The second-order valence-electron chi connectivity index (χ2n) is 5.02. The summed E-state index contributed by atoms with van der Waals surface area (Å²) in [6, 6.07) is 11.9. The lowest BCUT2D eigenvalue weighted by Crippen LogP contribution is -2.16. The lowest BCUT2D eigenvalue weighted by molar-refractivity contribution is -0.117. The molecule has 0 unspecified atom stereocenters. The first-order valence-corrected chi connectivity index (χ1v) is 8.79. The van der Waals surface area contributed by atoms with Crippen LogP contribution in [0.5, 0.6) is 0 Å². The normalized spacial score (nSPS) is 12.0. The number of amides is 1. The van der Waals surface area contributed by atoms with Gasteiger partial charge in [-0.15, -0.1) is 0 Å². The maximum atomic E-state index is 12.9. The molecule has 0 saturated carbocycles.